The fraction of sp³-hybridized carbons (Fsp3) is 0.146. The molecule has 218 valence electrons. The summed E-state index contributed by atoms with van der Waals surface area (Å²) in [7, 11) is 0. The summed E-state index contributed by atoms with van der Waals surface area (Å²) in [5, 5.41) is 6.27. The van der Waals surface area contributed by atoms with Crippen molar-refractivity contribution in [2.24, 2.45) is 0 Å². The van der Waals surface area contributed by atoms with Gasteiger partial charge in [-0.1, -0.05) is 124 Å². The Balaban J connectivity index is 1.59. The van der Waals surface area contributed by atoms with Gasteiger partial charge < -0.3 is 8.88 Å². The minimum Gasteiger partial charge on any atom is -0.398 e. The second-order valence-corrected chi connectivity index (χ2v) is 14.3. The van der Waals surface area contributed by atoms with Crippen LogP contribution in [0, 0.1) is 41.5 Å². The molecular weight excluding hydrogens is 563 g/mol. The van der Waals surface area contributed by atoms with E-state index in [1.165, 1.54) is 98.8 Å². The van der Waals surface area contributed by atoms with Gasteiger partial charge in [-0.25, -0.2) is 0 Å². The molecule has 0 radical (unpaired) electrons. The van der Waals surface area contributed by atoms with Crippen molar-refractivity contribution in [2.75, 3.05) is 0 Å². The zero-order valence-electron chi connectivity index (χ0n) is 26.7. The Labute approximate surface area is 268 Å². The summed E-state index contributed by atoms with van der Waals surface area (Å²) < 4.78 is 5.24. The van der Waals surface area contributed by atoms with Crippen LogP contribution in [0.3, 0.4) is 0 Å². The molecule has 1 aliphatic rings. The van der Waals surface area contributed by atoms with Gasteiger partial charge in [0, 0.05) is 16.3 Å². The van der Waals surface area contributed by atoms with Crippen LogP contribution in [-0.2, 0) is 0 Å². The molecule has 2 nitrogen and oxygen atoms in total. The first-order chi connectivity index (χ1) is 21.8. The number of pyridine rings is 1. The van der Waals surface area contributed by atoms with E-state index in [2.05, 4.69) is 153 Å². The number of nitrogens with zero attached hydrogens (tertiary/aromatic N) is 2. The normalized spacial score (nSPS) is 13.7. The van der Waals surface area contributed by atoms with Crippen LogP contribution in [0.25, 0.3) is 49.0 Å². The summed E-state index contributed by atoms with van der Waals surface area (Å²) in [5.41, 5.74) is 20.2. The molecule has 9 rings (SSSR count). The van der Waals surface area contributed by atoms with Crippen molar-refractivity contribution in [3.8, 4) is 21.7 Å². The summed E-state index contributed by atoms with van der Waals surface area (Å²) >= 11 is 1.88. The van der Waals surface area contributed by atoms with E-state index in [4.69, 9.17) is 0 Å². The summed E-state index contributed by atoms with van der Waals surface area (Å²) in [6.07, 6.45) is 0.746. The molecule has 0 saturated heterocycles. The number of hydrogen-bond donors (Lipinski definition) is 0. The van der Waals surface area contributed by atoms with Crippen LogP contribution < -0.4 is 20.9 Å². The maximum absolute atomic E-state index is 2.71. The molecule has 0 fully saturated rings. The number of rotatable bonds is 2. The number of aromatic nitrogens is 2. The third-order valence-electron chi connectivity index (χ3n) is 10.7. The molecule has 5 heterocycles. The van der Waals surface area contributed by atoms with E-state index in [0.717, 1.165) is 0 Å². The molecule has 0 amide bonds. The number of thiazole rings is 1. The predicted molar refractivity (Wildman–Crippen MR) is 194 cm³/mol. The molecule has 0 aliphatic carbocycles. The monoisotopic (exact) mass is 598 g/mol. The third-order valence-corrected chi connectivity index (χ3v) is 11.6. The zero-order valence-corrected chi connectivity index (χ0v) is 27.5. The van der Waals surface area contributed by atoms with Gasteiger partial charge in [0.05, 0.1) is 27.5 Å². The van der Waals surface area contributed by atoms with Gasteiger partial charge in [0.25, 0.3) is 0 Å². The number of hydrogen-bond acceptors (Lipinski definition) is 1. The van der Waals surface area contributed by atoms with Gasteiger partial charge in [0.1, 0.15) is 6.20 Å². The first-order valence-corrected chi connectivity index (χ1v) is 16.9. The molecule has 0 N–H and O–H groups in total. The quantitative estimate of drug-likeness (QED) is 0.178. The predicted octanol–water partition coefficient (Wildman–Crippen LogP) is 8.05. The number of fused-ring (bicyclic) bond motifs is 10. The minimum absolute atomic E-state index is 1.28. The van der Waals surface area contributed by atoms with Gasteiger partial charge in [0.15, 0.2) is 0 Å². The summed E-state index contributed by atoms with van der Waals surface area (Å²) in [5.74, 6) is 0. The first kappa shape index (κ1) is 26.7. The van der Waals surface area contributed by atoms with Crippen LogP contribution in [0.1, 0.15) is 33.4 Å². The van der Waals surface area contributed by atoms with Crippen LogP contribution in [0.2, 0.25) is 0 Å². The molecule has 4 aromatic heterocycles. The van der Waals surface area contributed by atoms with E-state index in [1.54, 1.807) is 0 Å². The van der Waals surface area contributed by atoms with Gasteiger partial charge in [-0.3, -0.25) is 0 Å². The maximum atomic E-state index is 2.71. The molecule has 0 atom stereocenters. The highest BCUT2D eigenvalue weighted by molar-refractivity contribution is 7.14. The topological polar surface area (TPSA) is 8.29 Å². The molecule has 0 bridgehead atoms. The molecule has 4 heteroatoms. The summed E-state index contributed by atoms with van der Waals surface area (Å²) in [6, 6.07) is 34.7. The second kappa shape index (κ2) is 9.18. The average Bonchev–Trinajstić information content (AvgIpc) is 3.69. The van der Waals surface area contributed by atoms with Crippen molar-refractivity contribution in [1.29, 1.82) is 0 Å². The molecule has 0 saturated carbocycles. The van der Waals surface area contributed by atoms with Crippen molar-refractivity contribution in [3.63, 3.8) is 0 Å². The molecule has 45 heavy (non-hydrogen) atoms. The van der Waals surface area contributed by atoms with Crippen LogP contribution in [0.4, 0.5) is 0 Å². The lowest BCUT2D eigenvalue weighted by molar-refractivity contribution is -0.521. The zero-order chi connectivity index (χ0) is 30.8. The fourth-order valence-corrected chi connectivity index (χ4v) is 10.6. The second-order valence-electron chi connectivity index (χ2n) is 13.4. The van der Waals surface area contributed by atoms with Crippen molar-refractivity contribution < 1.29 is 4.48 Å². The highest BCUT2D eigenvalue weighted by Gasteiger charge is 2.51. The van der Waals surface area contributed by atoms with Crippen LogP contribution in [0.5, 0.6) is 0 Å². The number of benzene rings is 4. The Kier molecular flexibility index (Phi) is 5.45. The Bertz CT molecular complexity index is 2410. The van der Waals surface area contributed by atoms with Gasteiger partial charge in [0.2, 0.25) is 5.01 Å². The SMILES string of the molecule is Cc1cc(C)c([B-]2(c3c(C)cc(C)cc3C)c3ccccc3-c3c(c4c5ccccc5c5cccc3n54)-c3scc[n+]32)c(C)c1. The van der Waals surface area contributed by atoms with Crippen molar-refractivity contribution in [1.82, 2.24) is 4.40 Å². The van der Waals surface area contributed by atoms with E-state index in [9.17, 15) is 0 Å². The molecule has 0 spiro atoms. The molecular formula is C41H35BN2S. The lowest BCUT2D eigenvalue weighted by Crippen LogP contribution is -2.86. The highest BCUT2D eigenvalue weighted by Crippen LogP contribution is 2.48. The van der Waals surface area contributed by atoms with Crippen molar-refractivity contribution in [2.45, 2.75) is 41.5 Å². The third kappa shape index (κ3) is 3.28. The minimum atomic E-state index is -1.64. The van der Waals surface area contributed by atoms with Crippen LogP contribution >= 0.6 is 11.3 Å². The van der Waals surface area contributed by atoms with Gasteiger partial charge in [-0.05, 0) is 59.2 Å². The fourth-order valence-electron chi connectivity index (χ4n) is 9.62. The largest absolute Gasteiger partial charge is 0.398 e. The molecule has 8 aromatic rings. The Hall–Kier alpha value is -4.67. The molecule has 1 aliphatic heterocycles. The average molecular weight is 599 g/mol. The number of aryl methyl sites for hydroxylation is 6. The Morgan fingerprint density at radius 3 is 1.84 bits per heavy atom. The van der Waals surface area contributed by atoms with E-state index in [0.29, 0.717) is 0 Å². The Morgan fingerprint density at radius 2 is 1.18 bits per heavy atom. The lowest BCUT2D eigenvalue weighted by atomic mass is 9.21. The first-order valence-electron chi connectivity index (χ1n) is 16.0. The van der Waals surface area contributed by atoms with E-state index in [-0.39, 0.29) is 0 Å². The standard InChI is InChI=1S/C41H35BN2S/c1-24-20-26(3)38(27(4)21-24)42(39-28(5)22-25(2)23-29(39)6)33-15-10-9-14-32(33)36-35-17-11-16-34-30-12-7-8-13-31(30)40(44(34)35)37(36)41-43(42)18-19-45-41/h7-23H,1-6H3. The van der Waals surface area contributed by atoms with E-state index >= 15 is 0 Å². The highest BCUT2D eigenvalue weighted by atomic mass is 32.1. The molecule has 4 aromatic carbocycles. The van der Waals surface area contributed by atoms with Crippen molar-refractivity contribution >= 4 is 61.3 Å². The van der Waals surface area contributed by atoms with E-state index in [1.807, 2.05) is 11.3 Å². The summed E-state index contributed by atoms with van der Waals surface area (Å²) in [4.78, 5) is 0. The van der Waals surface area contributed by atoms with E-state index < -0.39 is 6.28 Å². The van der Waals surface area contributed by atoms with Gasteiger partial charge in [-0.2, -0.15) is 0 Å². The van der Waals surface area contributed by atoms with Crippen LogP contribution in [-0.4, -0.2) is 10.7 Å². The lowest BCUT2D eigenvalue weighted by Gasteiger charge is -2.41. The maximum Gasteiger partial charge on any atom is 0.362 e. The van der Waals surface area contributed by atoms with Gasteiger partial charge in [-0.15, -0.1) is 16.4 Å². The van der Waals surface area contributed by atoms with Gasteiger partial charge >= 0.3 is 6.28 Å². The van der Waals surface area contributed by atoms with Crippen LogP contribution in [0.15, 0.2) is 103 Å². The Morgan fingerprint density at radius 1 is 0.600 bits per heavy atom. The van der Waals surface area contributed by atoms with Crippen molar-refractivity contribution in [3.05, 3.63) is 136 Å². The molecule has 0 unspecified atom stereocenters. The smallest absolute Gasteiger partial charge is 0.362 e. The summed E-state index contributed by atoms with van der Waals surface area (Å²) in [6.45, 7) is 13.8.